The van der Waals surface area contributed by atoms with Crippen molar-refractivity contribution in [2.24, 2.45) is 10.8 Å². The number of carbonyl (C=O) groups is 1. The molecule has 2 fully saturated rings. The van der Waals surface area contributed by atoms with Gasteiger partial charge in [-0.2, -0.15) is 0 Å². The molecule has 1 heterocycles. The van der Waals surface area contributed by atoms with E-state index in [1.807, 2.05) is 31.2 Å². The van der Waals surface area contributed by atoms with E-state index in [9.17, 15) is 4.79 Å². The van der Waals surface area contributed by atoms with Crippen molar-refractivity contribution in [3.8, 4) is 5.75 Å². The van der Waals surface area contributed by atoms with E-state index in [1.165, 1.54) is 5.57 Å². The molecule has 166 valence electrons. The smallest absolute Gasteiger partial charge is 0.334 e. The first kappa shape index (κ1) is 21.5. The minimum Gasteiger partial charge on any atom is -0.485 e. The molecule has 1 saturated carbocycles. The average Bonchev–Trinajstić information content (AvgIpc) is 3.19. The fourth-order valence-corrected chi connectivity index (χ4v) is 6.87. The molecule has 4 aliphatic rings. The molecule has 0 aromatic heterocycles. The normalized spacial score (nSPS) is 33.3. The van der Waals surface area contributed by atoms with Crippen molar-refractivity contribution in [1.82, 2.24) is 0 Å². The summed E-state index contributed by atoms with van der Waals surface area (Å²) in [5.41, 5.74) is 2.62. The van der Waals surface area contributed by atoms with Gasteiger partial charge >= 0.3 is 5.97 Å². The van der Waals surface area contributed by atoms with Crippen molar-refractivity contribution in [3.63, 3.8) is 0 Å². The van der Waals surface area contributed by atoms with Crippen molar-refractivity contribution in [1.29, 1.82) is 0 Å². The second-order valence-corrected chi connectivity index (χ2v) is 10.5. The Labute approximate surface area is 197 Å². The SMILES string of the molecule is CCOC(=O)C1=C2C(Oc3ccccc3I)C[C@@]3(C)C(=CCCC34OCCO4)[C@@]2(C)C1. The third kappa shape index (κ3) is 3.04. The summed E-state index contributed by atoms with van der Waals surface area (Å²) in [5, 5.41) is 0. The van der Waals surface area contributed by atoms with Crippen LogP contribution in [-0.4, -0.2) is 37.7 Å². The van der Waals surface area contributed by atoms with E-state index in [2.05, 4.69) is 42.5 Å². The van der Waals surface area contributed by atoms with Gasteiger partial charge in [0.2, 0.25) is 0 Å². The first-order chi connectivity index (χ1) is 14.8. The third-order valence-electron chi connectivity index (χ3n) is 7.60. The molecule has 1 unspecified atom stereocenters. The predicted octanol–water partition coefficient (Wildman–Crippen LogP) is 5.18. The highest BCUT2D eigenvalue weighted by Gasteiger charge is 2.67. The Hall–Kier alpha value is -1.38. The Morgan fingerprint density at radius 1 is 1.23 bits per heavy atom. The molecule has 3 aliphatic carbocycles. The Balaban J connectivity index is 1.62. The maximum atomic E-state index is 12.8. The van der Waals surface area contributed by atoms with Crippen molar-refractivity contribution >= 4 is 28.6 Å². The molecular weight excluding hydrogens is 507 g/mol. The van der Waals surface area contributed by atoms with Crippen molar-refractivity contribution in [2.45, 2.75) is 58.3 Å². The highest BCUT2D eigenvalue weighted by Crippen LogP contribution is 2.68. The van der Waals surface area contributed by atoms with Gasteiger partial charge in [-0.1, -0.05) is 37.6 Å². The number of carbonyl (C=O) groups excluding carboxylic acids is 1. The number of allylic oxidation sites excluding steroid dienone is 1. The van der Waals surface area contributed by atoms with Crippen LogP contribution in [0.2, 0.25) is 0 Å². The van der Waals surface area contributed by atoms with Crippen LogP contribution in [0, 0.1) is 14.4 Å². The number of para-hydroxylation sites is 1. The summed E-state index contributed by atoms with van der Waals surface area (Å²) >= 11 is 2.30. The van der Waals surface area contributed by atoms with Gasteiger partial charge in [-0.3, -0.25) is 0 Å². The third-order valence-corrected chi connectivity index (χ3v) is 8.49. The number of esters is 1. The Kier molecular flexibility index (Phi) is 5.26. The van der Waals surface area contributed by atoms with Crippen LogP contribution >= 0.6 is 22.6 Å². The first-order valence-corrected chi connectivity index (χ1v) is 12.2. The number of rotatable bonds is 4. The summed E-state index contributed by atoms with van der Waals surface area (Å²) in [6.45, 7) is 7.98. The van der Waals surface area contributed by atoms with Gasteiger partial charge in [0.05, 0.1) is 23.4 Å². The number of fused-ring (bicyclic) bond motifs is 4. The minimum atomic E-state index is -0.614. The lowest BCUT2D eigenvalue weighted by molar-refractivity contribution is -0.242. The first-order valence-electron chi connectivity index (χ1n) is 11.2. The molecule has 5 rings (SSSR count). The van der Waals surface area contributed by atoms with Crippen LogP contribution in [0.25, 0.3) is 0 Å². The van der Waals surface area contributed by atoms with E-state index in [4.69, 9.17) is 18.9 Å². The summed E-state index contributed by atoms with van der Waals surface area (Å²) < 4.78 is 25.7. The zero-order chi connectivity index (χ0) is 21.9. The molecule has 1 aliphatic heterocycles. The predicted molar refractivity (Wildman–Crippen MR) is 125 cm³/mol. The highest BCUT2D eigenvalue weighted by molar-refractivity contribution is 14.1. The molecule has 1 aromatic carbocycles. The number of benzene rings is 1. The molecule has 6 heteroatoms. The topological polar surface area (TPSA) is 54.0 Å². The summed E-state index contributed by atoms with van der Waals surface area (Å²) in [6.07, 6.45) is 5.27. The maximum absolute atomic E-state index is 12.8. The van der Waals surface area contributed by atoms with Crippen LogP contribution in [0.5, 0.6) is 5.75 Å². The number of halogens is 1. The van der Waals surface area contributed by atoms with E-state index >= 15 is 0 Å². The van der Waals surface area contributed by atoms with E-state index in [1.54, 1.807) is 0 Å². The van der Waals surface area contributed by atoms with Gasteiger partial charge in [-0.25, -0.2) is 4.79 Å². The molecule has 31 heavy (non-hydrogen) atoms. The largest absolute Gasteiger partial charge is 0.485 e. The lowest BCUT2D eigenvalue weighted by atomic mass is 9.45. The van der Waals surface area contributed by atoms with E-state index in [0.29, 0.717) is 32.7 Å². The van der Waals surface area contributed by atoms with Crippen molar-refractivity contribution in [2.75, 3.05) is 19.8 Å². The quantitative estimate of drug-likeness (QED) is 0.302. The molecule has 0 N–H and O–H groups in total. The van der Waals surface area contributed by atoms with Gasteiger partial charge in [-0.05, 0) is 60.1 Å². The van der Waals surface area contributed by atoms with Crippen molar-refractivity contribution < 1.29 is 23.7 Å². The monoisotopic (exact) mass is 536 g/mol. The number of ether oxygens (including phenoxy) is 4. The zero-order valence-corrected chi connectivity index (χ0v) is 20.5. The number of hydrogen-bond acceptors (Lipinski definition) is 5. The summed E-state index contributed by atoms with van der Waals surface area (Å²) in [4.78, 5) is 12.8. The van der Waals surface area contributed by atoms with E-state index in [-0.39, 0.29) is 22.9 Å². The van der Waals surface area contributed by atoms with Crippen LogP contribution in [0.4, 0.5) is 0 Å². The van der Waals surface area contributed by atoms with Crippen LogP contribution in [0.15, 0.2) is 47.1 Å². The molecule has 5 nitrogen and oxygen atoms in total. The fourth-order valence-electron chi connectivity index (χ4n) is 6.36. The maximum Gasteiger partial charge on any atom is 0.334 e. The molecule has 0 bridgehead atoms. The lowest BCUT2D eigenvalue weighted by Crippen LogP contribution is -2.61. The molecule has 0 amide bonds. The highest BCUT2D eigenvalue weighted by atomic mass is 127. The Morgan fingerprint density at radius 2 is 1.97 bits per heavy atom. The van der Waals surface area contributed by atoms with Crippen molar-refractivity contribution in [3.05, 3.63) is 50.6 Å². The summed E-state index contributed by atoms with van der Waals surface area (Å²) in [6, 6.07) is 8.02. The van der Waals surface area contributed by atoms with Crippen LogP contribution < -0.4 is 4.74 Å². The van der Waals surface area contributed by atoms with Gasteiger partial charge < -0.3 is 18.9 Å². The minimum absolute atomic E-state index is 0.213. The standard InChI is InChI=1S/C25H29IO5/c1-4-28-22(27)16-14-23(2)20-10-7-11-25(29-12-13-30-25)24(20,3)15-19(21(16)23)31-18-9-6-5-8-17(18)26/h5-6,8-10,19H,4,7,11-15H2,1-3H3/t19?,23-,24+/m1/s1. The lowest BCUT2D eigenvalue weighted by Gasteiger charge is -2.62. The Bertz CT molecular complexity index is 976. The molecule has 3 atom stereocenters. The second-order valence-electron chi connectivity index (χ2n) is 9.30. The van der Waals surface area contributed by atoms with E-state index in [0.717, 1.165) is 33.3 Å². The molecule has 1 aromatic rings. The van der Waals surface area contributed by atoms with Crippen LogP contribution in [0.3, 0.4) is 0 Å². The molecular formula is C25H29IO5. The fraction of sp³-hybridized carbons (Fsp3) is 0.560. The van der Waals surface area contributed by atoms with Gasteiger partial charge in [0, 0.05) is 29.2 Å². The van der Waals surface area contributed by atoms with Gasteiger partial charge in [0.15, 0.2) is 5.79 Å². The van der Waals surface area contributed by atoms with Gasteiger partial charge in [0.1, 0.15) is 11.9 Å². The van der Waals surface area contributed by atoms with Crippen LogP contribution in [0.1, 0.15) is 46.5 Å². The molecule has 0 radical (unpaired) electrons. The van der Waals surface area contributed by atoms with Gasteiger partial charge in [-0.15, -0.1) is 0 Å². The number of hydrogen-bond donors (Lipinski definition) is 0. The van der Waals surface area contributed by atoms with Crippen LogP contribution in [-0.2, 0) is 19.0 Å². The summed E-state index contributed by atoms with van der Waals surface area (Å²) in [7, 11) is 0. The molecule has 1 spiro atoms. The average molecular weight is 536 g/mol. The molecule has 1 saturated heterocycles. The summed E-state index contributed by atoms with van der Waals surface area (Å²) in [5.74, 6) is 0.0122. The second kappa shape index (κ2) is 7.59. The Morgan fingerprint density at radius 3 is 2.68 bits per heavy atom. The van der Waals surface area contributed by atoms with E-state index < -0.39 is 5.79 Å². The van der Waals surface area contributed by atoms with Gasteiger partial charge in [0.25, 0.3) is 0 Å². The zero-order valence-electron chi connectivity index (χ0n) is 18.3.